The summed E-state index contributed by atoms with van der Waals surface area (Å²) >= 11 is 1.67. The molecule has 1 heterocycles. The molecule has 1 unspecified atom stereocenters. The van der Waals surface area contributed by atoms with Gasteiger partial charge in [-0.2, -0.15) is 11.8 Å². The summed E-state index contributed by atoms with van der Waals surface area (Å²) in [4.78, 5) is 24.7. The van der Waals surface area contributed by atoms with Crippen LogP contribution in [-0.4, -0.2) is 51.1 Å². The molecule has 0 aliphatic carbocycles. The first-order valence-corrected chi connectivity index (χ1v) is 7.79. The monoisotopic (exact) mass is 307 g/mol. The van der Waals surface area contributed by atoms with Crippen LogP contribution < -0.4 is 0 Å². The van der Waals surface area contributed by atoms with E-state index in [1.54, 1.807) is 47.0 Å². The van der Waals surface area contributed by atoms with Gasteiger partial charge in [0.25, 0.3) is 0 Å². The number of phenols is 1. The number of carbonyl (C=O) groups is 2. The Hall–Kier alpha value is -1.95. The molecule has 0 bridgehead atoms. The lowest BCUT2D eigenvalue weighted by atomic mass is 10.1. The Kier molecular flexibility index (Phi) is 5.27. The number of thioether (sulfide) groups is 1. The van der Waals surface area contributed by atoms with E-state index in [1.165, 1.54) is 6.08 Å². The van der Waals surface area contributed by atoms with Gasteiger partial charge in [-0.15, -0.1) is 0 Å². The summed E-state index contributed by atoms with van der Waals surface area (Å²) in [5, 5.41) is 18.1. The third kappa shape index (κ3) is 4.53. The molecule has 1 amide bonds. The average molecular weight is 307 g/mol. The first kappa shape index (κ1) is 15.4. The summed E-state index contributed by atoms with van der Waals surface area (Å²) in [6.07, 6.45) is 3.10. The van der Waals surface area contributed by atoms with Crippen LogP contribution in [0.2, 0.25) is 0 Å². The Bertz CT molecular complexity index is 541. The van der Waals surface area contributed by atoms with Crippen LogP contribution in [0.1, 0.15) is 12.0 Å². The summed E-state index contributed by atoms with van der Waals surface area (Å²) in [5.41, 5.74) is 0.808. The second-order valence-corrected chi connectivity index (χ2v) is 5.93. The lowest BCUT2D eigenvalue weighted by molar-refractivity contribution is -0.139. The molecule has 1 aromatic carbocycles. The minimum Gasteiger partial charge on any atom is -0.508 e. The SMILES string of the molecule is O=C(O)CC1CSCCN1C(=O)C=Cc1ccc(O)cc1. The van der Waals surface area contributed by atoms with Crippen LogP contribution >= 0.6 is 11.8 Å². The van der Waals surface area contributed by atoms with E-state index >= 15 is 0 Å². The first-order chi connectivity index (χ1) is 10.1. The molecule has 1 aliphatic heterocycles. The number of aliphatic carboxylic acids is 1. The van der Waals surface area contributed by atoms with Gasteiger partial charge < -0.3 is 15.1 Å². The second kappa shape index (κ2) is 7.17. The van der Waals surface area contributed by atoms with Crippen molar-refractivity contribution in [1.29, 1.82) is 0 Å². The fourth-order valence-corrected chi connectivity index (χ4v) is 3.23. The van der Waals surface area contributed by atoms with Gasteiger partial charge in [0.2, 0.25) is 5.91 Å². The van der Waals surface area contributed by atoms with Crippen molar-refractivity contribution in [2.45, 2.75) is 12.5 Å². The van der Waals surface area contributed by atoms with Gasteiger partial charge in [-0.25, -0.2) is 0 Å². The lowest BCUT2D eigenvalue weighted by Crippen LogP contribution is -2.46. The molecule has 5 nitrogen and oxygen atoms in total. The maximum absolute atomic E-state index is 12.2. The predicted molar refractivity (Wildman–Crippen MR) is 82.2 cm³/mol. The van der Waals surface area contributed by atoms with Crippen LogP contribution in [0, 0.1) is 0 Å². The van der Waals surface area contributed by atoms with Gasteiger partial charge in [-0.1, -0.05) is 12.1 Å². The molecular formula is C15H17NO4S. The van der Waals surface area contributed by atoms with Crippen LogP contribution in [-0.2, 0) is 9.59 Å². The van der Waals surface area contributed by atoms with Crippen LogP contribution in [0.5, 0.6) is 5.75 Å². The van der Waals surface area contributed by atoms with Gasteiger partial charge >= 0.3 is 5.97 Å². The fourth-order valence-electron chi connectivity index (χ4n) is 2.16. The summed E-state index contributed by atoms with van der Waals surface area (Å²) in [6, 6.07) is 6.27. The molecule has 0 spiro atoms. The van der Waals surface area contributed by atoms with Crippen LogP contribution in [0.4, 0.5) is 0 Å². The van der Waals surface area contributed by atoms with Crippen molar-refractivity contribution in [3.05, 3.63) is 35.9 Å². The summed E-state index contributed by atoms with van der Waals surface area (Å²) in [6.45, 7) is 0.571. The van der Waals surface area contributed by atoms with Crippen molar-refractivity contribution in [1.82, 2.24) is 4.90 Å². The standard InChI is InChI=1S/C15H17NO4S/c17-13-4-1-11(2-5-13)3-6-14(18)16-7-8-21-10-12(16)9-15(19)20/h1-6,12,17H,7-10H2,(H,19,20). The van der Waals surface area contributed by atoms with E-state index in [4.69, 9.17) is 5.11 Å². The van der Waals surface area contributed by atoms with Crippen molar-refractivity contribution < 1.29 is 19.8 Å². The quantitative estimate of drug-likeness (QED) is 0.830. The Morgan fingerprint density at radius 2 is 2.05 bits per heavy atom. The fraction of sp³-hybridized carbons (Fsp3) is 0.333. The molecule has 1 saturated heterocycles. The number of amides is 1. The number of phenolic OH excluding ortho intramolecular Hbond substituents is 1. The van der Waals surface area contributed by atoms with Gasteiger partial charge in [-0.05, 0) is 23.8 Å². The number of hydrogen-bond donors (Lipinski definition) is 2. The van der Waals surface area contributed by atoms with Crippen molar-refractivity contribution in [2.24, 2.45) is 0 Å². The second-order valence-electron chi connectivity index (χ2n) is 4.78. The van der Waals surface area contributed by atoms with Crippen LogP contribution in [0.15, 0.2) is 30.3 Å². The maximum Gasteiger partial charge on any atom is 0.305 e. The molecule has 1 aliphatic rings. The van der Waals surface area contributed by atoms with Crippen molar-refractivity contribution >= 4 is 29.7 Å². The average Bonchev–Trinajstić information content (AvgIpc) is 2.46. The normalized spacial score (nSPS) is 18.9. The topological polar surface area (TPSA) is 77.8 Å². The van der Waals surface area contributed by atoms with E-state index in [-0.39, 0.29) is 24.1 Å². The lowest BCUT2D eigenvalue weighted by Gasteiger charge is -2.33. The van der Waals surface area contributed by atoms with Gasteiger partial charge in [0.1, 0.15) is 5.75 Å². The summed E-state index contributed by atoms with van der Waals surface area (Å²) in [7, 11) is 0. The molecule has 112 valence electrons. The Morgan fingerprint density at radius 1 is 1.33 bits per heavy atom. The molecule has 1 aromatic rings. The van der Waals surface area contributed by atoms with E-state index in [2.05, 4.69) is 0 Å². The third-order valence-electron chi connectivity index (χ3n) is 3.23. The van der Waals surface area contributed by atoms with Gasteiger partial charge in [0.05, 0.1) is 12.5 Å². The molecule has 2 N–H and O–H groups in total. The smallest absolute Gasteiger partial charge is 0.305 e. The number of hydrogen-bond acceptors (Lipinski definition) is 4. The minimum absolute atomic E-state index is 0.0220. The Labute approximate surface area is 127 Å². The first-order valence-electron chi connectivity index (χ1n) is 6.63. The molecule has 2 rings (SSSR count). The zero-order valence-electron chi connectivity index (χ0n) is 11.4. The number of benzene rings is 1. The zero-order valence-corrected chi connectivity index (χ0v) is 12.3. The number of carbonyl (C=O) groups excluding carboxylic acids is 1. The minimum atomic E-state index is -0.886. The molecule has 21 heavy (non-hydrogen) atoms. The van der Waals surface area contributed by atoms with Crippen LogP contribution in [0.3, 0.4) is 0 Å². The molecule has 1 fully saturated rings. The largest absolute Gasteiger partial charge is 0.508 e. The molecule has 0 aromatic heterocycles. The number of aromatic hydroxyl groups is 1. The van der Waals surface area contributed by atoms with E-state index < -0.39 is 5.97 Å². The van der Waals surface area contributed by atoms with E-state index in [0.717, 1.165) is 11.3 Å². The highest BCUT2D eigenvalue weighted by atomic mass is 32.2. The summed E-state index contributed by atoms with van der Waals surface area (Å²) in [5.74, 6) is 0.602. The Balaban J connectivity index is 2.03. The van der Waals surface area contributed by atoms with Gasteiger partial charge in [-0.3, -0.25) is 9.59 Å². The zero-order chi connectivity index (χ0) is 15.2. The summed E-state index contributed by atoms with van der Waals surface area (Å²) < 4.78 is 0. The molecular weight excluding hydrogens is 290 g/mol. The van der Waals surface area contributed by atoms with Gasteiger partial charge in [0, 0.05) is 24.1 Å². The van der Waals surface area contributed by atoms with Crippen molar-refractivity contribution in [3.8, 4) is 5.75 Å². The highest BCUT2D eigenvalue weighted by Crippen LogP contribution is 2.20. The van der Waals surface area contributed by atoms with E-state index in [9.17, 15) is 14.7 Å². The maximum atomic E-state index is 12.2. The number of carboxylic acids is 1. The Morgan fingerprint density at radius 3 is 2.71 bits per heavy atom. The molecule has 0 radical (unpaired) electrons. The van der Waals surface area contributed by atoms with E-state index in [1.807, 2.05) is 0 Å². The molecule has 1 atom stereocenters. The predicted octanol–water partition coefficient (Wildman–Crippen LogP) is 1.82. The third-order valence-corrected chi connectivity index (χ3v) is 4.32. The van der Waals surface area contributed by atoms with Crippen LogP contribution in [0.25, 0.3) is 6.08 Å². The molecule has 6 heteroatoms. The highest BCUT2D eigenvalue weighted by molar-refractivity contribution is 7.99. The number of carboxylic acid groups (broad SMARTS) is 1. The number of rotatable bonds is 4. The van der Waals surface area contributed by atoms with E-state index in [0.29, 0.717) is 12.3 Å². The molecule has 0 saturated carbocycles. The van der Waals surface area contributed by atoms with Gasteiger partial charge in [0.15, 0.2) is 0 Å². The van der Waals surface area contributed by atoms with Crippen molar-refractivity contribution in [3.63, 3.8) is 0 Å². The van der Waals surface area contributed by atoms with Crippen molar-refractivity contribution in [2.75, 3.05) is 18.1 Å². The number of nitrogens with zero attached hydrogens (tertiary/aromatic N) is 1. The highest BCUT2D eigenvalue weighted by Gasteiger charge is 2.27.